The van der Waals surface area contributed by atoms with Gasteiger partial charge in [0, 0.05) is 24.2 Å². The Balaban J connectivity index is 1.42. The summed E-state index contributed by atoms with van der Waals surface area (Å²) < 4.78 is 21.6. The lowest BCUT2D eigenvalue weighted by Crippen LogP contribution is -2.48. The average Bonchev–Trinajstić information content (AvgIpc) is 3.52. The standard InChI is InChI=1S/C28H32FN3O2/c1-17(2)27(21-8-9-24(29)23-14-22(21)23)32-11-5-6-20(28(32)33)12-19-7-10-25(26(13-19)34-4)31-15-18(3)30-16-31/h7-10,12-13,15-17,22-23,27H,5-6,11,14H2,1-4H3/b20-12+/t22?,23?,27-/m0/s1. The number of amides is 1. The first-order chi connectivity index (χ1) is 16.4. The normalized spacial score (nSPS) is 24.1. The molecule has 0 radical (unpaired) electrons. The lowest BCUT2D eigenvalue weighted by Gasteiger charge is -2.40. The molecule has 34 heavy (non-hydrogen) atoms. The molecule has 2 unspecified atom stereocenters. The highest BCUT2D eigenvalue weighted by Gasteiger charge is 2.48. The number of nitrogens with zero attached hydrogens (tertiary/aromatic N) is 3. The Morgan fingerprint density at radius 1 is 1.24 bits per heavy atom. The minimum Gasteiger partial charge on any atom is -0.495 e. The molecule has 0 bridgehead atoms. The molecule has 5 nitrogen and oxygen atoms in total. The Hall–Kier alpha value is -3.15. The molecule has 1 amide bonds. The molecule has 178 valence electrons. The van der Waals surface area contributed by atoms with Crippen LogP contribution in [0.25, 0.3) is 11.8 Å². The number of halogens is 1. The number of allylic oxidation sites excluding steroid dienone is 3. The van der Waals surface area contributed by atoms with E-state index < -0.39 is 0 Å². The summed E-state index contributed by atoms with van der Waals surface area (Å²) in [4.78, 5) is 20.0. The molecule has 3 aliphatic rings. The molecule has 1 aliphatic heterocycles. The van der Waals surface area contributed by atoms with E-state index in [0.29, 0.717) is 0 Å². The van der Waals surface area contributed by atoms with Gasteiger partial charge in [-0.15, -0.1) is 0 Å². The molecule has 1 aromatic heterocycles. The maximum absolute atomic E-state index is 14.0. The first kappa shape index (κ1) is 22.6. The monoisotopic (exact) mass is 461 g/mol. The van der Waals surface area contributed by atoms with Crippen LogP contribution in [0, 0.1) is 24.7 Å². The fourth-order valence-corrected chi connectivity index (χ4v) is 5.52. The maximum atomic E-state index is 14.0. The van der Waals surface area contributed by atoms with Gasteiger partial charge in [-0.3, -0.25) is 4.79 Å². The minimum atomic E-state index is -0.00920. The van der Waals surface area contributed by atoms with Crippen molar-refractivity contribution in [1.29, 1.82) is 0 Å². The molecule has 2 heterocycles. The Morgan fingerprint density at radius 3 is 2.76 bits per heavy atom. The Kier molecular flexibility index (Phi) is 5.92. The molecule has 5 rings (SSSR count). The van der Waals surface area contributed by atoms with Crippen molar-refractivity contribution in [1.82, 2.24) is 14.5 Å². The largest absolute Gasteiger partial charge is 0.495 e. The van der Waals surface area contributed by atoms with Crippen molar-refractivity contribution in [2.45, 2.75) is 46.1 Å². The van der Waals surface area contributed by atoms with Crippen molar-refractivity contribution < 1.29 is 13.9 Å². The predicted octanol–water partition coefficient (Wildman–Crippen LogP) is 5.65. The second-order valence-corrected chi connectivity index (χ2v) is 9.98. The predicted molar refractivity (Wildman–Crippen MR) is 131 cm³/mol. The number of carbonyl (C=O) groups excluding carboxylic acids is 1. The summed E-state index contributed by atoms with van der Waals surface area (Å²) in [5.74, 6) is 1.36. The van der Waals surface area contributed by atoms with Crippen molar-refractivity contribution in [3.05, 3.63) is 71.1 Å². The van der Waals surface area contributed by atoms with Gasteiger partial charge in [0.05, 0.1) is 30.9 Å². The molecular formula is C28H32FN3O2. The summed E-state index contributed by atoms with van der Waals surface area (Å²) >= 11 is 0. The topological polar surface area (TPSA) is 47.4 Å². The summed E-state index contributed by atoms with van der Waals surface area (Å²) in [6, 6.07) is 5.99. The van der Waals surface area contributed by atoms with Crippen molar-refractivity contribution in [2.75, 3.05) is 13.7 Å². The van der Waals surface area contributed by atoms with Gasteiger partial charge < -0.3 is 14.2 Å². The van der Waals surface area contributed by atoms with Crippen molar-refractivity contribution in [3.63, 3.8) is 0 Å². The van der Waals surface area contributed by atoms with Gasteiger partial charge in [-0.05, 0) is 73.4 Å². The van der Waals surface area contributed by atoms with Crippen LogP contribution >= 0.6 is 0 Å². The Morgan fingerprint density at radius 2 is 2.06 bits per heavy atom. The number of likely N-dealkylation sites (tertiary alicyclic amines) is 1. The van der Waals surface area contributed by atoms with Gasteiger partial charge >= 0.3 is 0 Å². The van der Waals surface area contributed by atoms with Crippen LogP contribution in [0.5, 0.6) is 5.75 Å². The van der Waals surface area contributed by atoms with E-state index in [2.05, 4.69) is 18.8 Å². The zero-order valence-corrected chi connectivity index (χ0v) is 20.3. The van der Waals surface area contributed by atoms with Gasteiger partial charge in [0.25, 0.3) is 0 Å². The summed E-state index contributed by atoms with van der Waals surface area (Å²) in [5.41, 5.74) is 4.82. The van der Waals surface area contributed by atoms with E-state index in [1.54, 1.807) is 19.5 Å². The third kappa shape index (κ3) is 4.10. The van der Waals surface area contributed by atoms with E-state index in [-0.39, 0.29) is 35.5 Å². The number of aryl methyl sites for hydroxylation is 1. The second kappa shape index (κ2) is 8.90. The highest BCUT2D eigenvalue weighted by Crippen LogP contribution is 2.54. The van der Waals surface area contributed by atoms with E-state index in [4.69, 9.17) is 4.74 Å². The number of methoxy groups -OCH3 is 1. The van der Waals surface area contributed by atoms with Crippen LogP contribution in [-0.4, -0.2) is 40.1 Å². The third-order valence-electron chi connectivity index (χ3n) is 7.23. The molecule has 1 saturated heterocycles. The summed E-state index contributed by atoms with van der Waals surface area (Å²) in [6.07, 6.45) is 11.8. The summed E-state index contributed by atoms with van der Waals surface area (Å²) in [5, 5.41) is 0. The van der Waals surface area contributed by atoms with E-state index in [1.807, 2.05) is 52.9 Å². The van der Waals surface area contributed by atoms with Crippen molar-refractivity contribution >= 4 is 12.0 Å². The van der Waals surface area contributed by atoms with Crippen molar-refractivity contribution in [3.8, 4) is 11.4 Å². The molecule has 2 aliphatic carbocycles. The number of ether oxygens (including phenoxy) is 1. The first-order valence-corrected chi connectivity index (χ1v) is 12.1. The molecule has 0 spiro atoms. The number of hydrogen-bond donors (Lipinski definition) is 0. The lowest BCUT2D eigenvalue weighted by molar-refractivity contribution is -0.131. The van der Waals surface area contributed by atoms with Gasteiger partial charge in [0.2, 0.25) is 5.91 Å². The molecule has 1 saturated carbocycles. The number of hydrogen-bond acceptors (Lipinski definition) is 3. The van der Waals surface area contributed by atoms with Crippen LogP contribution in [0.2, 0.25) is 0 Å². The molecule has 2 fully saturated rings. The number of piperidine rings is 1. The van der Waals surface area contributed by atoms with Gasteiger partial charge in [0.1, 0.15) is 11.6 Å². The van der Waals surface area contributed by atoms with E-state index >= 15 is 0 Å². The van der Waals surface area contributed by atoms with Crippen molar-refractivity contribution in [2.24, 2.45) is 17.8 Å². The van der Waals surface area contributed by atoms with Gasteiger partial charge in [-0.25, -0.2) is 9.37 Å². The SMILES string of the molecule is COc1cc(/C=C2\CCCN([C@H](C3=CC=C(F)C4CC34)C(C)C)C2=O)ccc1-n1cnc(C)c1. The van der Waals surface area contributed by atoms with Crippen LogP contribution in [-0.2, 0) is 4.79 Å². The number of fused-ring (bicyclic) bond motifs is 1. The number of imidazole rings is 1. The maximum Gasteiger partial charge on any atom is 0.250 e. The quantitative estimate of drug-likeness (QED) is 0.523. The van der Waals surface area contributed by atoms with E-state index in [9.17, 15) is 9.18 Å². The molecule has 0 N–H and O–H groups in total. The highest BCUT2D eigenvalue weighted by atomic mass is 19.1. The van der Waals surface area contributed by atoms with Crippen LogP contribution in [0.4, 0.5) is 4.39 Å². The van der Waals surface area contributed by atoms with Crippen LogP contribution in [0.1, 0.15) is 44.4 Å². The van der Waals surface area contributed by atoms with Crippen LogP contribution < -0.4 is 4.74 Å². The molecule has 2 aromatic rings. The lowest BCUT2D eigenvalue weighted by atomic mass is 9.86. The van der Waals surface area contributed by atoms with Gasteiger partial charge in [-0.1, -0.05) is 26.0 Å². The number of benzene rings is 1. The molecule has 1 aromatic carbocycles. The van der Waals surface area contributed by atoms with Crippen LogP contribution in [0.15, 0.2) is 59.8 Å². The number of carbonyl (C=O) groups is 1. The average molecular weight is 462 g/mol. The fraction of sp³-hybridized carbons (Fsp3) is 0.429. The number of aromatic nitrogens is 2. The fourth-order valence-electron chi connectivity index (χ4n) is 5.52. The summed E-state index contributed by atoms with van der Waals surface area (Å²) in [7, 11) is 1.65. The number of rotatable bonds is 6. The van der Waals surface area contributed by atoms with E-state index in [0.717, 1.165) is 54.1 Å². The van der Waals surface area contributed by atoms with Crippen LogP contribution in [0.3, 0.4) is 0 Å². The third-order valence-corrected chi connectivity index (χ3v) is 7.23. The minimum absolute atomic E-state index is 0.00920. The van der Waals surface area contributed by atoms with E-state index in [1.165, 1.54) is 5.57 Å². The molecular weight excluding hydrogens is 429 g/mol. The second-order valence-electron chi connectivity index (χ2n) is 9.98. The zero-order chi connectivity index (χ0) is 24.0. The molecule has 3 atom stereocenters. The zero-order valence-electron chi connectivity index (χ0n) is 20.3. The summed E-state index contributed by atoms with van der Waals surface area (Å²) in [6.45, 7) is 7.00. The highest BCUT2D eigenvalue weighted by molar-refractivity contribution is 5.99. The Bertz CT molecular complexity index is 1210. The Labute approximate surface area is 200 Å². The first-order valence-electron chi connectivity index (χ1n) is 12.1. The van der Waals surface area contributed by atoms with Gasteiger partial charge in [-0.2, -0.15) is 0 Å². The van der Waals surface area contributed by atoms with Gasteiger partial charge in [0.15, 0.2) is 0 Å². The molecule has 6 heteroatoms. The smallest absolute Gasteiger partial charge is 0.250 e.